The van der Waals surface area contributed by atoms with Gasteiger partial charge in [-0.05, 0) is 31.4 Å². The number of carbonyl (C=O) groups is 2. The molecule has 0 spiro atoms. The third-order valence-corrected chi connectivity index (χ3v) is 6.80. The van der Waals surface area contributed by atoms with Crippen LogP contribution in [0.4, 0.5) is 25.8 Å². The first-order valence-corrected chi connectivity index (χ1v) is 12.2. The maximum absolute atomic E-state index is 15.1. The van der Waals surface area contributed by atoms with Crippen molar-refractivity contribution in [3.05, 3.63) is 56.3 Å². The summed E-state index contributed by atoms with van der Waals surface area (Å²) >= 11 is 3.19. The van der Waals surface area contributed by atoms with Crippen molar-refractivity contribution in [2.45, 2.75) is 31.2 Å². The van der Waals surface area contributed by atoms with E-state index in [9.17, 15) is 19.7 Å². The van der Waals surface area contributed by atoms with Crippen LogP contribution in [0.5, 0.6) is 0 Å². The van der Waals surface area contributed by atoms with Gasteiger partial charge in [-0.25, -0.2) is 8.78 Å². The minimum absolute atomic E-state index is 0.0653. The van der Waals surface area contributed by atoms with Crippen LogP contribution in [0.25, 0.3) is 0 Å². The van der Waals surface area contributed by atoms with Gasteiger partial charge in [0.25, 0.3) is 23.4 Å². The minimum atomic E-state index is -3.41. The number of nitrogens with zero attached hydrogens (tertiary/aromatic N) is 4. The van der Waals surface area contributed by atoms with Crippen LogP contribution in [0.15, 0.2) is 35.1 Å². The van der Waals surface area contributed by atoms with Gasteiger partial charge in [-0.3, -0.25) is 24.7 Å². The average Bonchev–Trinajstić information content (AvgIpc) is 3.17. The van der Waals surface area contributed by atoms with Gasteiger partial charge in [-0.1, -0.05) is 15.9 Å². The summed E-state index contributed by atoms with van der Waals surface area (Å²) in [5, 5.41) is 17.2. The van der Waals surface area contributed by atoms with E-state index in [1.165, 1.54) is 30.6 Å². The molecule has 1 aromatic carbocycles. The molecule has 0 unspecified atom stereocenters. The molecule has 0 radical (unpaired) electrons. The van der Waals surface area contributed by atoms with Crippen molar-refractivity contribution in [1.82, 2.24) is 14.8 Å². The number of likely N-dealkylation sites (tertiary alicyclic amines) is 2. The molecule has 13 heteroatoms. The molecule has 1 atom stereocenters. The Balaban J connectivity index is 1.65. The standard InChI is InChI=1S/C23H25BrF2N6O4/c1-27-16-7-14(10-28-11-16)21(33)31-12-19(23(25,26)13-31)29-20-17(8-15(24)9-18(20)32(35)36)22(34)30-5-3-2-4-6-30/h7-11,19,27,29H,2-6,12-13H2,1H3/t19-/m0/s1. The molecule has 3 heterocycles. The Morgan fingerprint density at radius 3 is 2.53 bits per heavy atom. The molecular weight excluding hydrogens is 542 g/mol. The quantitative estimate of drug-likeness (QED) is 0.400. The minimum Gasteiger partial charge on any atom is -0.387 e. The van der Waals surface area contributed by atoms with Crippen molar-refractivity contribution < 1.29 is 23.3 Å². The molecular formula is C23H25BrF2N6O4. The van der Waals surface area contributed by atoms with Crippen LogP contribution >= 0.6 is 15.9 Å². The molecule has 4 rings (SSSR count). The second-order valence-corrected chi connectivity index (χ2v) is 9.73. The van der Waals surface area contributed by atoms with Crippen LogP contribution in [0.3, 0.4) is 0 Å². The summed E-state index contributed by atoms with van der Waals surface area (Å²) < 4.78 is 30.5. The van der Waals surface area contributed by atoms with Crippen LogP contribution < -0.4 is 10.6 Å². The number of nitro groups is 1. The van der Waals surface area contributed by atoms with Crippen LogP contribution in [0.2, 0.25) is 0 Å². The number of piperidine rings is 1. The van der Waals surface area contributed by atoms with Gasteiger partial charge in [0.1, 0.15) is 11.7 Å². The maximum Gasteiger partial charge on any atom is 0.294 e. The zero-order valence-corrected chi connectivity index (χ0v) is 21.1. The number of halogens is 3. The molecule has 0 saturated carbocycles. The van der Waals surface area contributed by atoms with Crippen molar-refractivity contribution in [3.8, 4) is 0 Å². The highest BCUT2D eigenvalue weighted by molar-refractivity contribution is 9.10. The zero-order chi connectivity index (χ0) is 26.0. The summed E-state index contributed by atoms with van der Waals surface area (Å²) in [7, 11) is 1.64. The lowest BCUT2D eigenvalue weighted by atomic mass is 10.1. The van der Waals surface area contributed by atoms with E-state index in [2.05, 4.69) is 31.5 Å². The van der Waals surface area contributed by atoms with Crippen molar-refractivity contribution in [3.63, 3.8) is 0 Å². The molecule has 10 nitrogen and oxygen atoms in total. The van der Waals surface area contributed by atoms with Gasteiger partial charge in [0.05, 0.1) is 28.3 Å². The fraction of sp³-hybridized carbons (Fsp3) is 0.435. The van der Waals surface area contributed by atoms with Crippen LogP contribution in [-0.4, -0.2) is 76.7 Å². The molecule has 0 bridgehead atoms. The van der Waals surface area contributed by atoms with Crippen LogP contribution in [0.1, 0.15) is 40.0 Å². The molecule has 0 aliphatic carbocycles. The maximum atomic E-state index is 15.1. The number of pyridine rings is 1. The van der Waals surface area contributed by atoms with Gasteiger partial charge in [0.15, 0.2) is 0 Å². The third-order valence-electron chi connectivity index (χ3n) is 6.35. The molecule has 2 aliphatic heterocycles. The number of nitrogens with one attached hydrogen (secondary N) is 2. The van der Waals surface area contributed by atoms with E-state index in [-0.39, 0.29) is 21.3 Å². The van der Waals surface area contributed by atoms with Gasteiger partial charge in [-0.2, -0.15) is 0 Å². The Labute approximate surface area is 214 Å². The first kappa shape index (κ1) is 25.7. The van der Waals surface area contributed by atoms with E-state index >= 15 is 8.78 Å². The van der Waals surface area contributed by atoms with Gasteiger partial charge in [-0.15, -0.1) is 0 Å². The number of hydrogen-bond acceptors (Lipinski definition) is 7. The molecule has 2 aromatic rings. The summed E-state index contributed by atoms with van der Waals surface area (Å²) in [4.78, 5) is 43.8. The number of aromatic nitrogens is 1. The number of amides is 2. The number of benzene rings is 1. The lowest BCUT2D eigenvalue weighted by Crippen LogP contribution is -2.40. The molecule has 2 N–H and O–H groups in total. The van der Waals surface area contributed by atoms with Gasteiger partial charge in [0.2, 0.25) is 0 Å². The van der Waals surface area contributed by atoms with Gasteiger partial charge < -0.3 is 20.4 Å². The topological polar surface area (TPSA) is 121 Å². The SMILES string of the molecule is CNc1cncc(C(=O)N2C[C@H](Nc3c(C(=O)N4CCCCC4)cc(Br)cc3[N+](=O)[O-])C(F)(F)C2)c1. The number of hydrogen-bond donors (Lipinski definition) is 2. The lowest BCUT2D eigenvalue weighted by Gasteiger charge is -2.28. The zero-order valence-electron chi connectivity index (χ0n) is 19.5. The molecule has 2 aliphatic rings. The first-order chi connectivity index (χ1) is 17.1. The Bertz CT molecular complexity index is 1190. The van der Waals surface area contributed by atoms with Crippen molar-refractivity contribution in [2.75, 3.05) is 43.9 Å². The number of anilines is 2. The molecule has 36 heavy (non-hydrogen) atoms. The van der Waals surface area contributed by atoms with Crippen molar-refractivity contribution >= 4 is 44.8 Å². The Morgan fingerprint density at radius 2 is 1.86 bits per heavy atom. The van der Waals surface area contributed by atoms with Crippen LogP contribution in [0, 0.1) is 10.1 Å². The molecule has 2 fully saturated rings. The highest BCUT2D eigenvalue weighted by atomic mass is 79.9. The van der Waals surface area contributed by atoms with E-state index < -0.39 is 47.5 Å². The monoisotopic (exact) mass is 566 g/mol. The third kappa shape index (κ3) is 5.25. The summed E-state index contributed by atoms with van der Waals surface area (Å²) in [6.45, 7) is -0.326. The van der Waals surface area contributed by atoms with Gasteiger partial charge >= 0.3 is 0 Å². The Morgan fingerprint density at radius 1 is 1.14 bits per heavy atom. The van der Waals surface area contributed by atoms with E-state index in [1.807, 2.05) is 0 Å². The first-order valence-electron chi connectivity index (χ1n) is 11.4. The predicted octanol–water partition coefficient (Wildman–Crippen LogP) is 3.99. The van der Waals surface area contributed by atoms with E-state index in [4.69, 9.17) is 0 Å². The summed E-state index contributed by atoms with van der Waals surface area (Å²) in [5.41, 5.74) is -0.168. The molecule has 192 valence electrons. The normalized spacial score (nSPS) is 19.2. The van der Waals surface area contributed by atoms with Gasteiger partial charge in [0, 0.05) is 49.6 Å². The fourth-order valence-corrected chi connectivity index (χ4v) is 4.91. The number of alkyl halides is 2. The second-order valence-electron chi connectivity index (χ2n) is 8.81. The highest BCUT2D eigenvalue weighted by Crippen LogP contribution is 2.38. The van der Waals surface area contributed by atoms with E-state index in [1.54, 1.807) is 11.9 Å². The lowest BCUT2D eigenvalue weighted by molar-refractivity contribution is -0.384. The second kappa shape index (κ2) is 10.3. The summed E-state index contributed by atoms with van der Waals surface area (Å²) in [6.07, 6.45) is 5.35. The van der Waals surface area contributed by atoms with E-state index in [0.29, 0.717) is 18.8 Å². The summed E-state index contributed by atoms with van der Waals surface area (Å²) in [5.74, 6) is -4.51. The Kier molecular flexibility index (Phi) is 7.38. The predicted molar refractivity (Wildman–Crippen MR) is 133 cm³/mol. The Hall–Kier alpha value is -3.35. The number of nitro benzene ring substituents is 1. The van der Waals surface area contributed by atoms with Crippen molar-refractivity contribution in [2.24, 2.45) is 0 Å². The smallest absolute Gasteiger partial charge is 0.294 e. The largest absolute Gasteiger partial charge is 0.387 e. The van der Waals surface area contributed by atoms with Crippen molar-refractivity contribution in [1.29, 1.82) is 0 Å². The van der Waals surface area contributed by atoms with Crippen LogP contribution in [-0.2, 0) is 0 Å². The average molecular weight is 567 g/mol. The molecule has 2 amide bonds. The fourth-order valence-electron chi connectivity index (χ4n) is 4.46. The summed E-state index contributed by atoms with van der Waals surface area (Å²) in [6, 6.07) is 2.43. The highest BCUT2D eigenvalue weighted by Gasteiger charge is 2.50. The molecule has 2 saturated heterocycles. The van der Waals surface area contributed by atoms with E-state index in [0.717, 1.165) is 24.2 Å². The molecule has 1 aromatic heterocycles. The number of rotatable bonds is 6. The number of carbonyl (C=O) groups excluding carboxylic acids is 2.